The average Bonchev–Trinajstić information content (AvgIpc) is 2.36. The average molecular weight is 335 g/mol. The molecule has 2 rings (SSSR count). The van der Waals surface area contributed by atoms with Gasteiger partial charge in [0.1, 0.15) is 0 Å². The van der Waals surface area contributed by atoms with Gasteiger partial charge in [-0.3, -0.25) is 4.21 Å². The third kappa shape index (κ3) is 3.63. The zero-order valence-corrected chi connectivity index (χ0v) is 12.8. The Morgan fingerprint density at radius 2 is 1.68 bits per heavy atom. The van der Waals surface area contributed by atoms with E-state index in [0.717, 1.165) is 5.56 Å². The number of nitrogens with two attached hydrogens (primary N) is 1. The lowest BCUT2D eigenvalue weighted by Crippen LogP contribution is -1.99. The maximum absolute atomic E-state index is 12.3. The van der Waals surface area contributed by atoms with E-state index in [1.807, 2.05) is 0 Å². The van der Waals surface area contributed by atoms with Crippen LogP contribution in [0.4, 0.5) is 5.69 Å². The lowest BCUT2D eigenvalue weighted by molar-refractivity contribution is 0.682. The summed E-state index contributed by atoms with van der Waals surface area (Å²) in [7, 11) is -1.33. The van der Waals surface area contributed by atoms with E-state index >= 15 is 0 Å². The van der Waals surface area contributed by atoms with Crippen molar-refractivity contribution in [1.29, 1.82) is 0 Å². The predicted octanol–water partition coefficient (Wildman–Crippen LogP) is 4.54. The minimum absolute atomic E-state index is 0.240. The van der Waals surface area contributed by atoms with Gasteiger partial charge >= 0.3 is 0 Å². The first-order valence-corrected chi connectivity index (χ1v) is 7.80. The number of anilines is 1. The molecule has 0 fully saturated rings. The second kappa shape index (κ2) is 6.14. The molecule has 0 spiro atoms. The summed E-state index contributed by atoms with van der Waals surface area (Å²) < 4.78 is 12.3. The summed E-state index contributed by atoms with van der Waals surface area (Å²) in [6.45, 7) is 0. The highest BCUT2D eigenvalue weighted by molar-refractivity contribution is 7.84. The number of nitrogen functional groups attached to an aromatic ring is 1. The van der Waals surface area contributed by atoms with Crippen molar-refractivity contribution in [2.75, 3.05) is 5.73 Å². The van der Waals surface area contributed by atoms with E-state index in [1.54, 1.807) is 36.4 Å². The van der Waals surface area contributed by atoms with Crippen LogP contribution < -0.4 is 5.73 Å². The Morgan fingerprint density at radius 3 is 2.42 bits per heavy atom. The van der Waals surface area contributed by atoms with Gasteiger partial charge in [0, 0.05) is 15.7 Å². The normalized spacial score (nSPS) is 12.4. The lowest BCUT2D eigenvalue weighted by atomic mass is 10.2. The van der Waals surface area contributed by atoms with Crippen molar-refractivity contribution in [2.45, 2.75) is 10.6 Å². The van der Waals surface area contributed by atoms with E-state index in [9.17, 15) is 4.21 Å². The molecule has 0 aliphatic heterocycles. The van der Waals surface area contributed by atoms with Gasteiger partial charge in [-0.25, -0.2) is 0 Å². The quantitative estimate of drug-likeness (QED) is 0.838. The zero-order chi connectivity index (χ0) is 14.0. The van der Waals surface area contributed by atoms with Gasteiger partial charge in [0.25, 0.3) is 0 Å². The van der Waals surface area contributed by atoms with Gasteiger partial charge in [0.15, 0.2) is 0 Å². The molecule has 0 aliphatic rings. The molecule has 19 heavy (non-hydrogen) atoms. The molecule has 0 saturated carbocycles. The highest BCUT2D eigenvalue weighted by Crippen LogP contribution is 2.27. The third-order valence-electron chi connectivity index (χ3n) is 2.49. The topological polar surface area (TPSA) is 43.1 Å². The number of hydrogen-bond donors (Lipinski definition) is 1. The molecule has 2 aromatic rings. The second-order valence-electron chi connectivity index (χ2n) is 3.92. The molecule has 0 amide bonds. The molecule has 1 unspecified atom stereocenters. The number of halogens is 3. The molecule has 0 heterocycles. The molecule has 2 N–H and O–H groups in total. The zero-order valence-electron chi connectivity index (χ0n) is 9.70. The largest absolute Gasteiger partial charge is 0.399 e. The Balaban J connectivity index is 2.30. The first kappa shape index (κ1) is 14.7. The molecule has 100 valence electrons. The van der Waals surface area contributed by atoms with E-state index in [4.69, 9.17) is 40.5 Å². The summed E-state index contributed by atoms with van der Waals surface area (Å²) in [4.78, 5) is 0.493. The molecule has 0 bridgehead atoms. The maximum Gasteiger partial charge on any atom is 0.0592 e. The molecule has 0 radical (unpaired) electrons. The van der Waals surface area contributed by atoms with Crippen molar-refractivity contribution in [1.82, 2.24) is 0 Å². The summed E-state index contributed by atoms with van der Waals surface area (Å²) in [5, 5.41) is 1.44. The van der Waals surface area contributed by atoms with Crippen LogP contribution in [0, 0.1) is 0 Å². The Morgan fingerprint density at radius 1 is 1.00 bits per heavy atom. The van der Waals surface area contributed by atoms with E-state index < -0.39 is 10.8 Å². The summed E-state index contributed by atoms with van der Waals surface area (Å²) in [6.07, 6.45) is 0. The number of hydrogen-bond acceptors (Lipinski definition) is 2. The van der Waals surface area contributed by atoms with Crippen LogP contribution in [0.1, 0.15) is 5.56 Å². The highest BCUT2D eigenvalue weighted by Gasteiger charge is 2.12. The summed E-state index contributed by atoms with van der Waals surface area (Å²) in [6, 6.07) is 9.96. The molecule has 0 aliphatic carbocycles. The third-order valence-corrected chi connectivity index (χ3v) is 4.94. The first-order chi connectivity index (χ1) is 8.97. The monoisotopic (exact) mass is 333 g/mol. The maximum atomic E-state index is 12.3. The molecular formula is C13H10Cl3NOS. The number of benzene rings is 2. The van der Waals surface area contributed by atoms with Crippen molar-refractivity contribution in [3.8, 4) is 0 Å². The van der Waals surface area contributed by atoms with Crippen molar-refractivity contribution in [3.05, 3.63) is 57.0 Å². The Bertz CT molecular complexity index is 646. The van der Waals surface area contributed by atoms with Crippen molar-refractivity contribution >= 4 is 51.3 Å². The molecule has 2 nitrogen and oxygen atoms in total. The standard InChI is InChI=1S/C13H10Cl3NOS/c14-9-1-3-12(16)13(6-9)19(18)7-8-5-10(17)2-4-11(8)15/h1-6H,7,17H2. The summed E-state index contributed by atoms with van der Waals surface area (Å²) in [5.74, 6) is 0.240. The molecule has 2 aromatic carbocycles. The fourth-order valence-corrected chi connectivity index (χ4v) is 3.67. The van der Waals surface area contributed by atoms with Gasteiger partial charge in [-0.1, -0.05) is 34.8 Å². The van der Waals surface area contributed by atoms with Gasteiger partial charge in [-0.15, -0.1) is 0 Å². The minimum Gasteiger partial charge on any atom is -0.399 e. The number of rotatable bonds is 3. The predicted molar refractivity (Wildman–Crippen MR) is 82.4 cm³/mol. The van der Waals surface area contributed by atoms with Crippen LogP contribution in [0.25, 0.3) is 0 Å². The van der Waals surface area contributed by atoms with E-state index in [0.29, 0.717) is 25.7 Å². The fourth-order valence-electron chi connectivity index (χ4n) is 1.58. The van der Waals surface area contributed by atoms with Gasteiger partial charge in [-0.05, 0) is 42.0 Å². The molecule has 6 heteroatoms. The van der Waals surface area contributed by atoms with Crippen LogP contribution in [0.15, 0.2) is 41.3 Å². The highest BCUT2D eigenvalue weighted by atomic mass is 35.5. The Labute approximate surface area is 128 Å². The SMILES string of the molecule is Nc1ccc(Cl)c(CS(=O)c2cc(Cl)ccc2Cl)c1. The van der Waals surface area contributed by atoms with E-state index in [1.165, 1.54) is 0 Å². The Hall–Kier alpha value is -0.740. The van der Waals surface area contributed by atoms with Crippen molar-refractivity contribution in [3.63, 3.8) is 0 Å². The smallest absolute Gasteiger partial charge is 0.0592 e. The lowest BCUT2D eigenvalue weighted by Gasteiger charge is -2.08. The molecule has 0 aromatic heterocycles. The van der Waals surface area contributed by atoms with E-state index in [2.05, 4.69) is 0 Å². The van der Waals surface area contributed by atoms with Gasteiger partial charge < -0.3 is 5.73 Å². The summed E-state index contributed by atoms with van der Waals surface area (Å²) in [5.41, 5.74) is 6.99. The van der Waals surface area contributed by atoms with Crippen LogP contribution >= 0.6 is 34.8 Å². The van der Waals surface area contributed by atoms with Crippen LogP contribution in [0.5, 0.6) is 0 Å². The first-order valence-electron chi connectivity index (χ1n) is 5.34. The van der Waals surface area contributed by atoms with E-state index in [-0.39, 0.29) is 5.75 Å². The molecule has 1 atom stereocenters. The van der Waals surface area contributed by atoms with Gasteiger partial charge in [-0.2, -0.15) is 0 Å². The Kier molecular flexibility index (Phi) is 4.74. The van der Waals surface area contributed by atoms with Crippen molar-refractivity contribution in [2.24, 2.45) is 0 Å². The van der Waals surface area contributed by atoms with Crippen LogP contribution in [0.3, 0.4) is 0 Å². The second-order valence-corrected chi connectivity index (χ2v) is 6.59. The van der Waals surface area contributed by atoms with Crippen LogP contribution in [-0.2, 0) is 16.6 Å². The van der Waals surface area contributed by atoms with Gasteiger partial charge in [0.2, 0.25) is 0 Å². The van der Waals surface area contributed by atoms with Crippen LogP contribution in [-0.4, -0.2) is 4.21 Å². The molecule has 0 saturated heterocycles. The fraction of sp³-hybridized carbons (Fsp3) is 0.0769. The van der Waals surface area contributed by atoms with Crippen molar-refractivity contribution < 1.29 is 4.21 Å². The summed E-state index contributed by atoms with van der Waals surface area (Å²) >= 11 is 17.9. The molecular weight excluding hydrogens is 325 g/mol. The minimum atomic E-state index is -1.33. The van der Waals surface area contributed by atoms with Crippen LogP contribution in [0.2, 0.25) is 15.1 Å². The van der Waals surface area contributed by atoms with Gasteiger partial charge in [0.05, 0.1) is 26.5 Å².